The number of ether oxygens (including phenoxy) is 1. The lowest BCUT2D eigenvalue weighted by Gasteiger charge is -2.60. The predicted molar refractivity (Wildman–Crippen MR) is 91.1 cm³/mol. The maximum Gasteiger partial charge on any atom is 0.364 e. The van der Waals surface area contributed by atoms with Crippen LogP contribution in [0.1, 0.15) is 34.6 Å². The third-order valence-electron chi connectivity index (χ3n) is 5.28. The lowest BCUT2D eigenvalue weighted by Crippen LogP contribution is -2.85. The van der Waals surface area contributed by atoms with E-state index < -0.39 is 17.6 Å². The molecule has 3 aliphatic heterocycles. The first kappa shape index (κ1) is 18.6. The number of hydrogen-bond acceptors (Lipinski definition) is 7. The minimum Gasteiger partial charge on any atom is -0.462 e. The third-order valence-corrected chi connectivity index (χ3v) is 5.28. The Morgan fingerprint density at radius 1 is 1.16 bits per heavy atom. The largest absolute Gasteiger partial charge is 0.462 e. The zero-order valence-corrected chi connectivity index (χ0v) is 15.8. The molecule has 3 atom stereocenters. The SMILES string of the molecule is CCOC(=O)C1(O)C(=O)N2CC(C)(C)CN[C@@H]2[C@H]2NCC(C)(C)CN21. The number of carbonyl (C=O) groups excluding carboxylic acids is 2. The number of aliphatic hydroxyl groups is 1. The number of carbonyl (C=O) groups is 2. The quantitative estimate of drug-likeness (QED) is 0.446. The van der Waals surface area contributed by atoms with E-state index in [0.29, 0.717) is 13.1 Å². The molecule has 1 unspecified atom stereocenters. The highest BCUT2D eigenvalue weighted by Gasteiger charge is 2.64. The number of esters is 1. The van der Waals surface area contributed by atoms with Crippen LogP contribution in [0.3, 0.4) is 0 Å². The van der Waals surface area contributed by atoms with Gasteiger partial charge >= 0.3 is 11.7 Å². The Kier molecular flexibility index (Phi) is 4.39. The Hall–Kier alpha value is -1.22. The first-order valence-electron chi connectivity index (χ1n) is 8.96. The van der Waals surface area contributed by atoms with E-state index in [1.165, 1.54) is 0 Å². The third kappa shape index (κ3) is 2.95. The van der Waals surface area contributed by atoms with Gasteiger partial charge in [0.05, 0.1) is 12.8 Å². The predicted octanol–water partition coefficient (Wildman–Crippen LogP) is -0.707. The van der Waals surface area contributed by atoms with Crippen LogP contribution in [0.5, 0.6) is 0 Å². The van der Waals surface area contributed by atoms with E-state index in [9.17, 15) is 14.7 Å². The Bertz CT molecular complexity index is 579. The summed E-state index contributed by atoms with van der Waals surface area (Å²) in [6.45, 7) is 12.3. The van der Waals surface area contributed by atoms with Crippen molar-refractivity contribution >= 4 is 11.9 Å². The maximum absolute atomic E-state index is 13.2. The number of nitrogens with zero attached hydrogens (tertiary/aromatic N) is 2. The summed E-state index contributed by atoms with van der Waals surface area (Å²) in [5, 5.41) is 18.1. The van der Waals surface area contributed by atoms with Gasteiger partial charge in [-0.2, -0.15) is 0 Å². The van der Waals surface area contributed by atoms with Crippen molar-refractivity contribution in [3.05, 3.63) is 0 Å². The van der Waals surface area contributed by atoms with Gasteiger partial charge in [-0.3, -0.25) is 15.4 Å². The van der Waals surface area contributed by atoms with Crippen molar-refractivity contribution in [1.82, 2.24) is 20.4 Å². The van der Waals surface area contributed by atoms with Crippen LogP contribution in [0.4, 0.5) is 0 Å². The summed E-state index contributed by atoms with van der Waals surface area (Å²) in [6.07, 6.45) is -0.637. The molecule has 0 aliphatic carbocycles. The fourth-order valence-electron chi connectivity index (χ4n) is 4.05. The molecule has 3 aliphatic rings. The second kappa shape index (κ2) is 5.90. The van der Waals surface area contributed by atoms with Crippen LogP contribution < -0.4 is 10.6 Å². The highest BCUT2D eigenvalue weighted by atomic mass is 16.6. The zero-order valence-electron chi connectivity index (χ0n) is 15.8. The Morgan fingerprint density at radius 3 is 2.32 bits per heavy atom. The summed E-state index contributed by atoms with van der Waals surface area (Å²) in [5.41, 5.74) is -2.62. The summed E-state index contributed by atoms with van der Waals surface area (Å²) in [5.74, 6) is -1.50. The Balaban J connectivity index is 2.02. The molecule has 3 N–H and O–H groups in total. The van der Waals surface area contributed by atoms with E-state index in [0.717, 1.165) is 13.1 Å². The van der Waals surface area contributed by atoms with E-state index in [2.05, 4.69) is 24.5 Å². The van der Waals surface area contributed by atoms with Gasteiger partial charge in [0.25, 0.3) is 5.91 Å². The Morgan fingerprint density at radius 2 is 1.72 bits per heavy atom. The van der Waals surface area contributed by atoms with Crippen molar-refractivity contribution in [2.45, 2.75) is 52.7 Å². The molecule has 3 heterocycles. The second-order valence-corrected chi connectivity index (χ2v) is 8.93. The number of amides is 1. The van der Waals surface area contributed by atoms with Crippen molar-refractivity contribution in [3.63, 3.8) is 0 Å². The van der Waals surface area contributed by atoms with Gasteiger partial charge in [0.1, 0.15) is 6.17 Å². The average molecular weight is 354 g/mol. The number of hydrogen-bond donors (Lipinski definition) is 3. The van der Waals surface area contributed by atoms with E-state index >= 15 is 0 Å². The second-order valence-electron chi connectivity index (χ2n) is 8.93. The van der Waals surface area contributed by atoms with Crippen LogP contribution in [-0.4, -0.2) is 77.6 Å². The summed E-state index contributed by atoms with van der Waals surface area (Å²) in [7, 11) is 0. The van der Waals surface area contributed by atoms with Gasteiger partial charge in [-0.1, -0.05) is 27.7 Å². The molecular weight excluding hydrogens is 324 g/mol. The topological polar surface area (TPSA) is 94.1 Å². The molecule has 142 valence electrons. The zero-order chi connectivity index (χ0) is 18.6. The van der Waals surface area contributed by atoms with Crippen molar-refractivity contribution < 1.29 is 19.4 Å². The standard InChI is InChI=1S/C17H30N4O4/c1-6-25-14(23)17(24)13(22)20-9-15(2,3)7-18-11(20)12-19-8-16(4,5)10-21(12)17/h11-12,18-19,24H,6-10H2,1-5H3/t11-,12-,17?/m0/s1. The van der Waals surface area contributed by atoms with Crippen LogP contribution in [-0.2, 0) is 14.3 Å². The van der Waals surface area contributed by atoms with Gasteiger partial charge < -0.3 is 14.7 Å². The first-order chi connectivity index (χ1) is 11.5. The molecule has 0 spiro atoms. The molecule has 8 nitrogen and oxygen atoms in total. The molecule has 3 fully saturated rings. The average Bonchev–Trinajstić information content (AvgIpc) is 2.51. The lowest BCUT2D eigenvalue weighted by atomic mass is 9.83. The molecular formula is C17H30N4O4. The summed E-state index contributed by atoms with van der Waals surface area (Å²) >= 11 is 0. The molecule has 8 heteroatoms. The fourth-order valence-corrected chi connectivity index (χ4v) is 4.05. The van der Waals surface area contributed by atoms with Crippen LogP contribution >= 0.6 is 0 Å². The highest BCUT2D eigenvalue weighted by molar-refractivity contribution is 6.06. The minimum atomic E-state index is -2.29. The van der Waals surface area contributed by atoms with Crippen molar-refractivity contribution in [2.24, 2.45) is 10.8 Å². The van der Waals surface area contributed by atoms with Gasteiger partial charge in [0.15, 0.2) is 0 Å². The van der Waals surface area contributed by atoms with E-state index in [4.69, 9.17) is 4.74 Å². The highest BCUT2D eigenvalue weighted by Crippen LogP contribution is 2.37. The fraction of sp³-hybridized carbons (Fsp3) is 0.882. The van der Waals surface area contributed by atoms with Gasteiger partial charge in [-0.15, -0.1) is 0 Å². The van der Waals surface area contributed by atoms with Crippen LogP contribution in [0.15, 0.2) is 0 Å². The van der Waals surface area contributed by atoms with Crippen LogP contribution in [0.25, 0.3) is 0 Å². The Labute approximate surface area is 148 Å². The molecule has 3 saturated heterocycles. The van der Waals surface area contributed by atoms with Crippen molar-refractivity contribution in [2.75, 3.05) is 32.8 Å². The maximum atomic E-state index is 13.2. The number of piperazine rings is 1. The molecule has 0 radical (unpaired) electrons. The molecule has 25 heavy (non-hydrogen) atoms. The van der Waals surface area contributed by atoms with E-state index in [1.807, 2.05) is 13.8 Å². The van der Waals surface area contributed by atoms with Gasteiger partial charge in [-0.25, -0.2) is 9.69 Å². The molecule has 1 amide bonds. The molecule has 0 aromatic heterocycles. The molecule has 0 bridgehead atoms. The first-order valence-corrected chi connectivity index (χ1v) is 8.96. The van der Waals surface area contributed by atoms with Crippen LogP contribution in [0, 0.1) is 10.8 Å². The molecule has 0 aromatic carbocycles. The van der Waals surface area contributed by atoms with Crippen LogP contribution in [0.2, 0.25) is 0 Å². The smallest absolute Gasteiger partial charge is 0.364 e. The van der Waals surface area contributed by atoms with Gasteiger partial charge in [-0.05, 0) is 17.8 Å². The minimum absolute atomic E-state index is 0.108. The number of nitrogens with one attached hydrogen (secondary N) is 2. The van der Waals surface area contributed by atoms with Gasteiger partial charge in [0, 0.05) is 26.2 Å². The van der Waals surface area contributed by atoms with Gasteiger partial charge in [0.2, 0.25) is 0 Å². The number of fused-ring (bicyclic) bond motifs is 3. The molecule has 0 aromatic rings. The molecule has 0 saturated carbocycles. The lowest BCUT2D eigenvalue weighted by molar-refractivity contribution is -0.237. The molecule has 3 rings (SSSR count). The van der Waals surface area contributed by atoms with Crippen molar-refractivity contribution in [3.8, 4) is 0 Å². The normalized spacial score (nSPS) is 37.2. The van der Waals surface area contributed by atoms with Crippen molar-refractivity contribution in [1.29, 1.82) is 0 Å². The van der Waals surface area contributed by atoms with E-state index in [1.54, 1.807) is 16.7 Å². The summed E-state index contributed by atoms with van der Waals surface area (Å²) in [6, 6.07) is 0. The summed E-state index contributed by atoms with van der Waals surface area (Å²) in [4.78, 5) is 29.0. The summed E-state index contributed by atoms with van der Waals surface area (Å²) < 4.78 is 5.08. The number of rotatable bonds is 2. The van der Waals surface area contributed by atoms with E-state index in [-0.39, 0.29) is 29.8 Å². The monoisotopic (exact) mass is 354 g/mol.